The number of rotatable bonds is 4. The van der Waals surface area contributed by atoms with E-state index in [2.05, 4.69) is 20.8 Å². The Labute approximate surface area is 144 Å². The molecule has 128 valence electrons. The summed E-state index contributed by atoms with van der Waals surface area (Å²) < 4.78 is 0. The SMILES string of the molecule is O=C(Nc1ccccc1)c1ccc(N2CC(N3CCNC3=O)C2)nn1. The van der Waals surface area contributed by atoms with E-state index in [0.29, 0.717) is 18.1 Å². The molecule has 25 heavy (non-hydrogen) atoms. The smallest absolute Gasteiger partial charge is 0.317 e. The fraction of sp³-hybridized carbons (Fsp3) is 0.294. The maximum absolute atomic E-state index is 12.2. The minimum atomic E-state index is -0.291. The van der Waals surface area contributed by atoms with Crippen LogP contribution in [0.25, 0.3) is 0 Å². The van der Waals surface area contributed by atoms with Crippen LogP contribution in [0.15, 0.2) is 42.5 Å². The van der Waals surface area contributed by atoms with E-state index in [1.165, 1.54) is 0 Å². The van der Waals surface area contributed by atoms with E-state index < -0.39 is 0 Å². The van der Waals surface area contributed by atoms with Crippen molar-refractivity contribution in [3.8, 4) is 0 Å². The van der Waals surface area contributed by atoms with Gasteiger partial charge < -0.3 is 20.4 Å². The third-order valence-electron chi connectivity index (χ3n) is 4.43. The average Bonchev–Trinajstić information content (AvgIpc) is 3.01. The van der Waals surface area contributed by atoms with Crippen molar-refractivity contribution in [1.82, 2.24) is 20.4 Å². The maximum Gasteiger partial charge on any atom is 0.317 e. The predicted molar refractivity (Wildman–Crippen MR) is 92.5 cm³/mol. The van der Waals surface area contributed by atoms with Crippen LogP contribution < -0.4 is 15.5 Å². The van der Waals surface area contributed by atoms with E-state index in [4.69, 9.17) is 0 Å². The number of benzene rings is 1. The molecule has 1 aromatic carbocycles. The molecule has 1 aromatic heterocycles. The fourth-order valence-electron chi connectivity index (χ4n) is 3.01. The third-order valence-corrected chi connectivity index (χ3v) is 4.43. The molecular weight excluding hydrogens is 320 g/mol. The first-order valence-corrected chi connectivity index (χ1v) is 8.20. The first-order valence-electron chi connectivity index (χ1n) is 8.20. The zero-order chi connectivity index (χ0) is 17.2. The molecule has 0 saturated carbocycles. The number of urea groups is 1. The van der Waals surface area contributed by atoms with Gasteiger partial charge in [0.25, 0.3) is 5.91 Å². The molecule has 0 atom stereocenters. The molecule has 2 N–H and O–H groups in total. The van der Waals surface area contributed by atoms with Gasteiger partial charge in [-0.1, -0.05) is 18.2 Å². The van der Waals surface area contributed by atoms with Crippen molar-refractivity contribution in [3.63, 3.8) is 0 Å². The van der Waals surface area contributed by atoms with E-state index in [-0.39, 0.29) is 23.7 Å². The van der Waals surface area contributed by atoms with Gasteiger partial charge in [0.1, 0.15) is 0 Å². The van der Waals surface area contributed by atoms with Crippen molar-refractivity contribution in [2.24, 2.45) is 0 Å². The molecule has 2 saturated heterocycles. The second-order valence-electron chi connectivity index (χ2n) is 6.08. The molecule has 3 amide bonds. The summed E-state index contributed by atoms with van der Waals surface area (Å²) in [4.78, 5) is 27.7. The predicted octanol–water partition coefficient (Wildman–Crippen LogP) is 0.943. The standard InChI is InChI=1S/C17H18N6O2/c24-16(19-12-4-2-1-3-5-12)14-6-7-15(21-20-14)22-10-13(11-22)23-9-8-18-17(23)25/h1-7,13H,8-11H2,(H,18,25)(H,19,24). The van der Waals surface area contributed by atoms with Gasteiger partial charge >= 0.3 is 6.03 Å². The first-order chi connectivity index (χ1) is 12.2. The molecule has 0 unspecified atom stereocenters. The largest absolute Gasteiger partial charge is 0.351 e. The number of anilines is 2. The molecular formula is C17H18N6O2. The molecule has 0 radical (unpaired) electrons. The van der Waals surface area contributed by atoms with Gasteiger partial charge in [-0.25, -0.2) is 4.79 Å². The highest BCUT2D eigenvalue weighted by atomic mass is 16.2. The number of nitrogens with one attached hydrogen (secondary N) is 2. The van der Waals surface area contributed by atoms with Gasteiger partial charge in [-0.2, -0.15) is 0 Å². The summed E-state index contributed by atoms with van der Waals surface area (Å²) in [6.07, 6.45) is 0. The lowest BCUT2D eigenvalue weighted by molar-refractivity contribution is 0.102. The molecule has 0 bridgehead atoms. The molecule has 0 spiro atoms. The maximum atomic E-state index is 12.2. The van der Waals surface area contributed by atoms with Crippen molar-refractivity contribution >= 4 is 23.4 Å². The Balaban J connectivity index is 1.35. The molecule has 2 aliphatic heterocycles. The number of amides is 3. The van der Waals surface area contributed by atoms with E-state index in [9.17, 15) is 9.59 Å². The number of hydrogen-bond acceptors (Lipinski definition) is 5. The lowest BCUT2D eigenvalue weighted by Gasteiger charge is -2.43. The molecule has 8 nitrogen and oxygen atoms in total. The molecule has 2 aromatic rings. The van der Waals surface area contributed by atoms with Crippen LogP contribution in [-0.4, -0.2) is 59.3 Å². The Kier molecular flexibility index (Phi) is 3.93. The van der Waals surface area contributed by atoms with Crippen LogP contribution in [0, 0.1) is 0 Å². The van der Waals surface area contributed by atoms with Crippen molar-refractivity contribution in [3.05, 3.63) is 48.2 Å². The number of hydrogen-bond donors (Lipinski definition) is 2. The molecule has 8 heteroatoms. The van der Waals surface area contributed by atoms with Crippen LogP contribution in [0.5, 0.6) is 0 Å². The Morgan fingerprint density at radius 3 is 2.56 bits per heavy atom. The van der Waals surface area contributed by atoms with Gasteiger partial charge in [-0.05, 0) is 24.3 Å². The second kappa shape index (κ2) is 6.39. The molecule has 3 heterocycles. The topological polar surface area (TPSA) is 90.5 Å². The van der Waals surface area contributed by atoms with Crippen LogP contribution in [0.3, 0.4) is 0 Å². The summed E-state index contributed by atoms with van der Waals surface area (Å²) in [6, 6.07) is 12.9. The third kappa shape index (κ3) is 3.10. The Morgan fingerprint density at radius 1 is 1.12 bits per heavy atom. The number of carbonyl (C=O) groups excluding carboxylic acids is 2. The van der Waals surface area contributed by atoms with E-state index in [0.717, 1.165) is 19.6 Å². The van der Waals surface area contributed by atoms with Crippen LogP contribution >= 0.6 is 0 Å². The normalized spacial score (nSPS) is 17.2. The number of nitrogens with zero attached hydrogens (tertiary/aromatic N) is 4. The zero-order valence-corrected chi connectivity index (χ0v) is 13.6. The van der Waals surface area contributed by atoms with Gasteiger partial charge in [0.15, 0.2) is 11.5 Å². The fourth-order valence-corrected chi connectivity index (χ4v) is 3.01. The average molecular weight is 338 g/mol. The van der Waals surface area contributed by atoms with Gasteiger partial charge in [0.2, 0.25) is 0 Å². The van der Waals surface area contributed by atoms with Gasteiger partial charge in [0, 0.05) is 31.9 Å². The monoisotopic (exact) mass is 338 g/mol. The minimum absolute atomic E-state index is 0.00339. The van der Waals surface area contributed by atoms with Crippen LogP contribution in [0.4, 0.5) is 16.3 Å². The summed E-state index contributed by atoms with van der Waals surface area (Å²) >= 11 is 0. The van der Waals surface area contributed by atoms with Gasteiger partial charge in [-0.15, -0.1) is 10.2 Å². The lowest BCUT2D eigenvalue weighted by Crippen LogP contribution is -2.60. The Bertz CT molecular complexity index is 773. The van der Waals surface area contributed by atoms with Crippen LogP contribution in [0.2, 0.25) is 0 Å². The second-order valence-corrected chi connectivity index (χ2v) is 6.08. The Morgan fingerprint density at radius 2 is 1.92 bits per heavy atom. The molecule has 0 aliphatic carbocycles. The molecule has 2 fully saturated rings. The molecule has 4 rings (SSSR count). The number of aromatic nitrogens is 2. The van der Waals surface area contributed by atoms with E-state index in [1.807, 2.05) is 40.1 Å². The van der Waals surface area contributed by atoms with Crippen molar-refractivity contribution in [2.45, 2.75) is 6.04 Å². The summed E-state index contributed by atoms with van der Waals surface area (Å²) in [5, 5.41) is 13.7. The minimum Gasteiger partial charge on any atom is -0.351 e. The first kappa shape index (κ1) is 15.4. The van der Waals surface area contributed by atoms with E-state index in [1.54, 1.807) is 12.1 Å². The van der Waals surface area contributed by atoms with Gasteiger partial charge in [-0.3, -0.25) is 4.79 Å². The highest BCUT2D eigenvalue weighted by molar-refractivity contribution is 6.02. The summed E-state index contributed by atoms with van der Waals surface area (Å²) in [5.41, 5.74) is 0.983. The summed E-state index contributed by atoms with van der Waals surface area (Å²) in [5.74, 6) is 0.424. The number of para-hydroxylation sites is 1. The number of carbonyl (C=O) groups is 2. The Hall–Kier alpha value is -3.16. The highest BCUT2D eigenvalue weighted by Crippen LogP contribution is 2.22. The quantitative estimate of drug-likeness (QED) is 0.866. The van der Waals surface area contributed by atoms with Gasteiger partial charge in [0.05, 0.1) is 6.04 Å². The van der Waals surface area contributed by atoms with Crippen molar-refractivity contribution < 1.29 is 9.59 Å². The van der Waals surface area contributed by atoms with E-state index >= 15 is 0 Å². The van der Waals surface area contributed by atoms with Crippen molar-refractivity contribution in [2.75, 3.05) is 36.4 Å². The van der Waals surface area contributed by atoms with Crippen LogP contribution in [0.1, 0.15) is 10.5 Å². The lowest BCUT2D eigenvalue weighted by atomic mass is 10.1. The summed E-state index contributed by atoms with van der Waals surface area (Å²) in [6.45, 7) is 2.93. The zero-order valence-electron chi connectivity index (χ0n) is 13.6. The van der Waals surface area contributed by atoms with Crippen LogP contribution in [-0.2, 0) is 0 Å². The summed E-state index contributed by atoms with van der Waals surface area (Å²) in [7, 11) is 0. The molecule has 2 aliphatic rings. The van der Waals surface area contributed by atoms with Crippen molar-refractivity contribution in [1.29, 1.82) is 0 Å². The highest BCUT2D eigenvalue weighted by Gasteiger charge is 2.37.